The highest BCUT2D eigenvalue weighted by Crippen LogP contribution is 2.23. The topological polar surface area (TPSA) is 66.4 Å². The maximum atomic E-state index is 12.2. The number of rotatable bonds is 8. The van der Waals surface area contributed by atoms with Crippen LogP contribution in [-0.4, -0.2) is 29.4 Å². The Bertz CT molecular complexity index is 566. The van der Waals surface area contributed by atoms with Crippen molar-refractivity contribution < 1.29 is 14.7 Å². The zero-order valence-electron chi connectivity index (χ0n) is 14.1. The molecule has 1 aliphatic carbocycles. The molecule has 1 amide bonds. The molecule has 0 saturated carbocycles. The smallest absolute Gasteiger partial charge is 0.220 e. The molecule has 1 atom stereocenters. The average molecular weight is 317 g/mol. The molecule has 126 valence electrons. The van der Waals surface area contributed by atoms with Gasteiger partial charge in [-0.1, -0.05) is 26.0 Å². The summed E-state index contributed by atoms with van der Waals surface area (Å²) in [6, 6.07) is 5.91. The third-order valence-corrected chi connectivity index (χ3v) is 4.53. The Balaban J connectivity index is 1.73. The van der Waals surface area contributed by atoms with E-state index >= 15 is 0 Å². The van der Waals surface area contributed by atoms with Crippen LogP contribution in [0.25, 0.3) is 0 Å². The van der Waals surface area contributed by atoms with Crippen LogP contribution in [0.1, 0.15) is 61.0 Å². The quantitative estimate of drug-likeness (QED) is 0.724. The van der Waals surface area contributed by atoms with Gasteiger partial charge in [0.15, 0.2) is 5.78 Å². The third kappa shape index (κ3) is 5.17. The van der Waals surface area contributed by atoms with Crippen LogP contribution >= 0.6 is 0 Å². The van der Waals surface area contributed by atoms with Crippen molar-refractivity contribution in [2.75, 3.05) is 6.54 Å². The summed E-state index contributed by atoms with van der Waals surface area (Å²) in [6.07, 6.45) is 3.90. The number of amides is 1. The van der Waals surface area contributed by atoms with E-state index in [2.05, 4.69) is 5.32 Å². The van der Waals surface area contributed by atoms with Crippen molar-refractivity contribution in [3.63, 3.8) is 0 Å². The first-order valence-corrected chi connectivity index (χ1v) is 8.57. The molecule has 0 aliphatic heterocycles. The first-order chi connectivity index (χ1) is 11.0. The lowest BCUT2D eigenvalue weighted by Gasteiger charge is -2.14. The molecule has 2 N–H and O–H groups in total. The second-order valence-electron chi connectivity index (χ2n) is 6.71. The number of nitrogens with one attached hydrogen (secondary N) is 1. The Morgan fingerprint density at radius 1 is 1.17 bits per heavy atom. The molecule has 1 aromatic rings. The van der Waals surface area contributed by atoms with Crippen LogP contribution < -0.4 is 5.32 Å². The summed E-state index contributed by atoms with van der Waals surface area (Å²) in [4.78, 5) is 24.0. The van der Waals surface area contributed by atoms with Gasteiger partial charge >= 0.3 is 0 Å². The number of benzene rings is 1. The summed E-state index contributed by atoms with van der Waals surface area (Å²) < 4.78 is 0. The molecule has 23 heavy (non-hydrogen) atoms. The highest BCUT2D eigenvalue weighted by Gasteiger charge is 2.15. The molecule has 4 heteroatoms. The number of aliphatic hydroxyl groups excluding tert-OH is 1. The highest BCUT2D eigenvalue weighted by atomic mass is 16.3. The molecule has 0 spiro atoms. The Morgan fingerprint density at radius 3 is 2.65 bits per heavy atom. The second-order valence-corrected chi connectivity index (χ2v) is 6.71. The molecule has 0 bridgehead atoms. The zero-order chi connectivity index (χ0) is 16.8. The molecule has 1 aliphatic rings. The van der Waals surface area contributed by atoms with E-state index in [4.69, 9.17) is 0 Å². The van der Waals surface area contributed by atoms with E-state index in [0.29, 0.717) is 18.5 Å². The molecular weight excluding hydrogens is 290 g/mol. The summed E-state index contributed by atoms with van der Waals surface area (Å²) in [5, 5.41) is 12.4. The van der Waals surface area contributed by atoms with E-state index in [1.54, 1.807) is 0 Å². The van der Waals surface area contributed by atoms with Gasteiger partial charge in [0, 0.05) is 24.9 Å². The predicted molar refractivity (Wildman–Crippen MR) is 90.5 cm³/mol. The van der Waals surface area contributed by atoms with E-state index < -0.39 is 6.10 Å². The van der Waals surface area contributed by atoms with Gasteiger partial charge in [0.1, 0.15) is 0 Å². The van der Waals surface area contributed by atoms with Crippen LogP contribution in [0.3, 0.4) is 0 Å². The van der Waals surface area contributed by atoms with Crippen LogP contribution in [0.4, 0.5) is 0 Å². The highest BCUT2D eigenvalue weighted by molar-refractivity contribution is 5.98. The molecule has 4 nitrogen and oxygen atoms in total. The maximum Gasteiger partial charge on any atom is 0.220 e. The molecule has 0 saturated heterocycles. The first-order valence-electron chi connectivity index (χ1n) is 8.57. The van der Waals surface area contributed by atoms with Crippen molar-refractivity contribution in [2.45, 2.75) is 58.5 Å². The van der Waals surface area contributed by atoms with Crippen molar-refractivity contribution in [1.82, 2.24) is 5.32 Å². The van der Waals surface area contributed by atoms with Crippen molar-refractivity contribution >= 4 is 11.7 Å². The lowest BCUT2D eigenvalue weighted by molar-refractivity contribution is -0.121. The van der Waals surface area contributed by atoms with Crippen molar-refractivity contribution in [3.05, 3.63) is 34.9 Å². The van der Waals surface area contributed by atoms with Gasteiger partial charge in [-0.25, -0.2) is 0 Å². The third-order valence-electron chi connectivity index (χ3n) is 4.53. The minimum atomic E-state index is -0.400. The minimum absolute atomic E-state index is 0.0251. The largest absolute Gasteiger partial charge is 0.393 e. The Morgan fingerprint density at radius 2 is 1.91 bits per heavy atom. The summed E-state index contributed by atoms with van der Waals surface area (Å²) in [5.74, 6) is 0.0841. The normalized spacial score (nSPS) is 14.6. The summed E-state index contributed by atoms with van der Waals surface area (Å²) in [6.45, 7) is 4.34. The number of Topliss-reactive ketones (excluding diaryl/α,β-unsaturated/α-hetero) is 1. The van der Waals surface area contributed by atoms with Crippen LogP contribution in [0, 0.1) is 5.92 Å². The molecule has 2 rings (SSSR count). The lowest BCUT2D eigenvalue weighted by Crippen LogP contribution is -2.28. The van der Waals surface area contributed by atoms with Gasteiger partial charge in [-0.05, 0) is 48.8 Å². The molecule has 0 heterocycles. The Labute approximate surface area is 138 Å². The fourth-order valence-electron chi connectivity index (χ4n) is 2.90. The molecule has 0 radical (unpaired) electrons. The van der Waals surface area contributed by atoms with E-state index in [0.717, 1.165) is 19.3 Å². The maximum absolute atomic E-state index is 12.2. The molecular formula is C19H27NO3. The van der Waals surface area contributed by atoms with E-state index in [1.165, 1.54) is 11.1 Å². The average Bonchev–Trinajstić information content (AvgIpc) is 2.99. The number of aliphatic hydroxyl groups is 1. The second kappa shape index (κ2) is 8.25. The number of carbonyl (C=O) groups excluding carboxylic acids is 2. The first kappa shape index (κ1) is 17.7. The number of hydrogen-bond donors (Lipinski definition) is 2. The van der Waals surface area contributed by atoms with Gasteiger partial charge in [-0.3, -0.25) is 9.59 Å². The Kier molecular flexibility index (Phi) is 6.34. The molecule has 0 fully saturated rings. The SMILES string of the molecule is CC(C)C(O)CCNC(=O)CCC(=O)c1ccc2c(c1)CCC2. The van der Waals surface area contributed by atoms with E-state index in [9.17, 15) is 14.7 Å². The van der Waals surface area contributed by atoms with Gasteiger partial charge in [-0.15, -0.1) is 0 Å². The summed E-state index contributed by atoms with van der Waals surface area (Å²) >= 11 is 0. The molecule has 1 aromatic carbocycles. The summed E-state index contributed by atoms with van der Waals surface area (Å²) in [7, 11) is 0. The fraction of sp³-hybridized carbons (Fsp3) is 0.579. The molecule has 0 aromatic heterocycles. The predicted octanol–water partition coefficient (Wildman–Crippen LogP) is 2.66. The lowest BCUT2D eigenvalue weighted by atomic mass is 10.0. The Hall–Kier alpha value is -1.68. The monoisotopic (exact) mass is 317 g/mol. The van der Waals surface area contributed by atoms with Crippen molar-refractivity contribution in [1.29, 1.82) is 0 Å². The van der Waals surface area contributed by atoms with Crippen LogP contribution in [0.2, 0.25) is 0 Å². The van der Waals surface area contributed by atoms with Crippen LogP contribution in [-0.2, 0) is 17.6 Å². The molecule has 1 unspecified atom stereocenters. The number of carbonyl (C=O) groups is 2. The number of hydrogen-bond acceptors (Lipinski definition) is 3. The zero-order valence-corrected chi connectivity index (χ0v) is 14.1. The number of aryl methyl sites for hydroxylation is 2. The van der Waals surface area contributed by atoms with E-state index in [-0.39, 0.29) is 30.4 Å². The van der Waals surface area contributed by atoms with Gasteiger partial charge < -0.3 is 10.4 Å². The van der Waals surface area contributed by atoms with Gasteiger partial charge in [0.2, 0.25) is 5.91 Å². The van der Waals surface area contributed by atoms with Gasteiger partial charge in [-0.2, -0.15) is 0 Å². The standard InChI is InChI=1S/C19H27NO3/c1-13(2)17(21)10-11-20-19(23)9-8-18(22)16-7-6-14-4-3-5-15(14)12-16/h6-7,12-13,17,21H,3-5,8-11H2,1-2H3,(H,20,23). The van der Waals surface area contributed by atoms with Gasteiger partial charge in [0.05, 0.1) is 6.10 Å². The number of ketones is 1. The fourth-order valence-corrected chi connectivity index (χ4v) is 2.90. The van der Waals surface area contributed by atoms with Crippen LogP contribution in [0.15, 0.2) is 18.2 Å². The van der Waals surface area contributed by atoms with E-state index in [1.807, 2.05) is 32.0 Å². The van der Waals surface area contributed by atoms with Crippen molar-refractivity contribution in [2.24, 2.45) is 5.92 Å². The minimum Gasteiger partial charge on any atom is -0.393 e. The van der Waals surface area contributed by atoms with Gasteiger partial charge in [0.25, 0.3) is 0 Å². The van der Waals surface area contributed by atoms with Crippen molar-refractivity contribution in [3.8, 4) is 0 Å². The number of fused-ring (bicyclic) bond motifs is 1. The van der Waals surface area contributed by atoms with Crippen LogP contribution in [0.5, 0.6) is 0 Å². The summed E-state index contributed by atoms with van der Waals surface area (Å²) in [5.41, 5.74) is 3.35.